The van der Waals surface area contributed by atoms with Gasteiger partial charge in [-0.05, 0) is 29.3 Å². The molecule has 0 saturated carbocycles. The van der Waals surface area contributed by atoms with Gasteiger partial charge < -0.3 is 15.0 Å². The number of pyridine rings is 2. The average Bonchev–Trinajstić information content (AvgIpc) is 3.29. The van der Waals surface area contributed by atoms with Gasteiger partial charge in [0, 0.05) is 51.3 Å². The summed E-state index contributed by atoms with van der Waals surface area (Å²) < 4.78 is 5.95. The standard InChI is InChI=1S/C36H24N4O/c1-2-16-30-25(11-1)26-13-7-14-28(36(26)39-30)27-12-5-9-23-20-21-24-10-6-15-29(35(24)40-34(23)27)31-17-8-19-33(38-31)41-32-18-3-4-22-37-32/h1-22,39-40H. The average molecular weight is 529 g/mol. The molecule has 7 aromatic rings. The molecule has 0 saturated heterocycles. The monoisotopic (exact) mass is 528 g/mol. The Morgan fingerprint density at radius 1 is 0.537 bits per heavy atom. The van der Waals surface area contributed by atoms with Crippen molar-refractivity contribution in [1.29, 1.82) is 0 Å². The third-order valence-electron chi connectivity index (χ3n) is 7.56. The van der Waals surface area contributed by atoms with Crippen molar-refractivity contribution in [1.82, 2.24) is 15.0 Å². The lowest BCUT2D eigenvalue weighted by Crippen LogP contribution is -2.00. The Morgan fingerprint density at radius 2 is 1.22 bits per heavy atom. The molecule has 4 heterocycles. The highest BCUT2D eigenvalue weighted by Gasteiger charge is 2.19. The Bertz CT molecular complexity index is 2110. The zero-order chi connectivity index (χ0) is 27.2. The van der Waals surface area contributed by atoms with Crippen LogP contribution >= 0.6 is 0 Å². The Labute approximate surface area is 236 Å². The summed E-state index contributed by atoms with van der Waals surface area (Å²) in [6.07, 6.45) is 6.05. The number of nitrogens with zero attached hydrogens (tertiary/aromatic N) is 2. The minimum absolute atomic E-state index is 0.495. The molecule has 0 amide bonds. The maximum Gasteiger partial charge on any atom is 0.221 e. The molecule has 0 bridgehead atoms. The van der Waals surface area contributed by atoms with Crippen LogP contribution < -0.4 is 10.1 Å². The van der Waals surface area contributed by atoms with Gasteiger partial charge in [0.15, 0.2) is 0 Å². The Kier molecular flexibility index (Phi) is 5.38. The Hall–Kier alpha value is -5.68. The van der Waals surface area contributed by atoms with Crippen molar-refractivity contribution in [2.45, 2.75) is 0 Å². The maximum absolute atomic E-state index is 5.95. The molecule has 194 valence electrons. The highest BCUT2D eigenvalue weighted by atomic mass is 16.5. The lowest BCUT2D eigenvalue weighted by atomic mass is 9.97. The van der Waals surface area contributed by atoms with Crippen LogP contribution in [0.1, 0.15) is 11.1 Å². The van der Waals surface area contributed by atoms with Crippen molar-refractivity contribution >= 4 is 45.3 Å². The minimum Gasteiger partial charge on any atom is -0.421 e. The molecule has 3 aromatic heterocycles. The lowest BCUT2D eigenvalue weighted by Gasteiger charge is -2.18. The smallest absolute Gasteiger partial charge is 0.221 e. The van der Waals surface area contributed by atoms with E-state index < -0.39 is 0 Å². The van der Waals surface area contributed by atoms with E-state index in [1.54, 1.807) is 6.20 Å². The maximum atomic E-state index is 5.95. The third kappa shape index (κ3) is 4.03. The number of nitrogens with one attached hydrogen (secondary N) is 2. The van der Waals surface area contributed by atoms with Crippen LogP contribution in [0.5, 0.6) is 11.8 Å². The van der Waals surface area contributed by atoms with Crippen molar-refractivity contribution < 1.29 is 4.74 Å². The summed E-state index contributed by atoms with van der Waals surface area (Å²) in [7, 11) is 0. The molecule has 1 aliphatic rings. The highest BCUT2D eigenvalue weighted by molar-refractivity contribution is 6.13. The zero-order valence-corrected chi connectivity index (χ0v) is 22.0. The van der Waals surface area contributed by atoms with E-state index in [0.29, 0.717) is 11.8 Å². The van der Waals surface area contributed by atoms with Crippen LogP contribution in [0.2, 0.25) is 0 Å². The van der Waals surface area contributed by atoms with Crippen LogP contribution in [0.3, 0.4) is 0 Å². The van der Waals surface area contributed by atoms with Crippen molar-refractivity contribution in [3.05, 3.63) is 133 Å². The summed E-state index contributed by atoms with van der Waals surface area (Å²) in [6.45, 7) is 0. The SMILES string of the molecule is C1=Cc2cccc(-c3cccc4c3[nH]c3ccccc34)c2Nc2c1cccc2-c1cccc(Oc2ccccn2)n1. The number of ether oxygens (including phenoxy) is 1. The fraction of sp³-hybridized carbons (Fsp3) is 0. The number of fused-ring (bicyclic) bond motifs is 5. The van der Waals surface area contributed by atoms with Crippen LogP contribution in [0, 0.1) is 0 Å². The number of benzene rings is 4. The normalized spacial score (nSPS) is 12.0. The predicted molar refractivity (Wildman–Crippen MR) is 167 cm³/mol. The molecule has 0 radical (unpaired) electrons. The number of aromatic amines is 1. The number of rotatable bonds is 4. The van der Waals surface area contributed by atoms with Gasteiger partial charge in [-0.1, -0.05) is 97.1 Å². The summed E-state index contributed by atoms with van der Waals surface area (Å²) in [6, 6.07) is 39.1. The Balaban J connectivity index is 1.26. The molecule has 4 aromatic carbocycles. The van der Waals surface area contributed by atoms with E-state index >= 15 is 0 Å². The molecule has 5 nitrogen and oxygen atoms in total. The van der Waals surface area contributed by atoms with Gasteiger partial charge in [0.25, 0.3) is 0 Å². The van der Waals surface area contributed by atoms with Gasteiger partial charge in [-0.15, -0.1) is 0 Å². The molecule has 8 rings (SSSR count). The molecule has 0 atom stereocenters. The fourth-order valence-corrected chi connectivity index (χ4v) is 5.67. The van der Waals surface area contributed by atoms with Gasteiger partial charge in [0.1, 0.15) is 0 Å². The van der Waals surface area contributed by atoms with Gasteiger partial charge in [0.2, 0.25) is 11.8 Å². The Morgan fingerprint density at radius 3 is 2.07 bits per heavy atom. The molecule has 1 aliphatic heterocycles. The number of para-hydroxylation sites is 4. The van der Waals surface area contributed by atoms with Crippen molar-refractivity contribution in [2.24, 2.45) is 0 Å². The second-order valence-corrected chi connectivity index (χ2v) is 10.0. The summed E-state index contributed by atoms with van der Waals surface area (Å²) in [5.41, 5.74) is 10.6. The largest absolute Gasteiger partial charge is 0.421 e. The van der Waals surface area contributed by atoms with Crippen LogP contribution in [0.15, 0.2) is 121 Å². The molecule has 0 spiro atoms. The molecule has 41 heavy (non-hydrogen) atoms. The van der Waals surface area contributed by atoms with Crippen LogP contribution in [-0.2, 0) is 0 Å². The fourth-order valence-electron chi connectivity index (χ4n) is 5.67. The van der Waals surface area contributed by atoms with Crippen LogP contribution in [0.4, 0.5) is 11.4 Å². The van der Waals surface area contributed by atoms with Crippen LogP contribution in [-0.4, -0.2) is 15.0 Å². The first kappa shape index (κ1) is 23.2. The molecule has 0 unspecified atom stereocenters. The highest BCUT2D eigenvalue weighted by Crippen LogP contribution is 2.43. The number of H-pyrrole nitrogens is 1. The summed E-state index contributed by atoms with van der Waals surface area (Å²) in [5.74, 6) is 1.00. The molecule has 0 aliphatic carbocycles. The van der Waals surface area contributed by atoms with E-state index in [1.165, 1.54) is 10.8 Å². The predicted octanol–water partition coefficient (Wildman–Crippen LogP) is 9.46. The first-order chi connectivity index (χ1) is 20.3. The topological polar surface area (TPSA) is 62.8 Å². The first-order valence-electron chi connectivity index (χ1n) is 13.6. The van der Waals surface area contributed by atoms with Crippen molar-refractivity contribution in [3.8, 4) is 34.1 Å². The number of anilines is 2. The zero-order valence-electron chi connectivity index (χ0n) is 22.0. The van der Waals surface area contributed by atoms with E-state index in [9.17, 15) is 0 Å². The van der Waals surface area contributed by atoms with Gasteiger partial charge >= 0.3 is 0 Å². The molecular weight excluding hydrogens is 504 g/mol. The second kappa shape index (κ2) is 9.50. The number of hydrogen-bond acceptors (Lipinski definition) is 4. The van der Waals surface area contributed by atoms with E-state index in [-0.39, 0.29) is 0 Å². The molecule has 2 N–H and O–H groups in total. The van der Waals surface area contributed by atoms with E-state index in [4.69, 9.17) is 9.72 Å². The van der Waals surface area contributed by atoms with Crippen LogP contribution in [0.25, 0.3) is 56.3 Å². The summed E-state index contributed by atoms with van der Waals surface area (Å²) in [5, 5.41) is 6.28. The second-order valence-electron chi connectivity index (χ2n) is 10.0. The quantitative estimate of drug-likeness (QED) is 0.239. The molecule has 5 heteroatoms. The van der Waals surface area contributed by atoms with Gasteiger partial charge in [-0.2, -0.15) is 0 Å². The van der Waals surface area contributed by atoms with E-state index in [0.717, 1.165) is 55.9 Å². The summed E-state index contributed by atoms with van der Waals surface area (Å²) in [4.78, 5) is 12.8. The van der Waals surface area contributed by atoms with Gasteiger partial charge in [0.05, 0.1) is 22.6 Å². The molecule has 0 fully saturated rings. The van der Waals surface area contributed by atoms with Gasteiger partial charge in [-0.25, -0.2) is 9.97 Å². The lowest BCUT2D eigenvalue weighted by molar-refractivity contribution is 0.445. The third-order valence-corrected chi connectivity index (χ3v) is 7.56. The number of aromatic nitrogens is 3. The van der Waals surface area contributed by atoms with Crippen molar-refractivity contribution in [2.75, 3.05) is 5.32 Å². The van der Waals surface area contributed by atoms with E-state index in [2.05, 4.69) is 106 Å². The summed E-state index contributed by atoms with van der Waals surface area (Å²) >= 11 is 0. The van der Waals surface area contributed by atoms with Gasteiger partial charge in [-0.3, -0.25) is 0 Å². The van der Waals surface area contributed by atoms with E-state index in [1.807, 2.05) is 36.4 Å². The molecular formula is C36H24N4O. The first-order valence-corrected chi connectivity index (χ1v) is 13.6. The van der Waals surface area contributed by atoms with Crippen molar-refractivity contribution in [3.63, 3.8) is 0 Å². The minimum atomic E-state index is 0.495. The number of hydrogen-bond donors (Lipinski definition) is 2.